The number of anilines is 2. The molecule has 1 amide bonds. The lowest BCUT2D eigenvalue weighted by molar-refractivity contribution is -0.116. The van der Waals surface area contributed by atoms with Crippen molar-refractivity contribution in [1.29, 1.82) is 0 Å². The quantitative estimate of drug-likeness (QED) is 0.905. The van der Waals surface area contributed by atoms with E-state index in [1.165, 1.54) is 12.7 Å². The lowest BCUT2D eigenvalue weighted by atomic mass is 9.97. The van der Waals surface area contributed by atoms with E-state index in [2.05, 4.69) is 21.7 Å². The second kappa shape index (κ2) is 5.83. The van der Waals surface area contributed by atoms with Crippen LogP contribution in [0.15, 0.2) is 42.6 Å². The van der Waals surface area contributed by atoms with Crippen molar-refractivity contribution >= 4 is 17.3 Å². The molecule has 0 bridgehead atoms. The molecular formula is C16H17N3O2. The number of carbonyl (C=O) groups excluding carboxylic acids is 1. The van der Waals surface area contributed by atoms with E-state index in [0.29, 0.717) is 18.0 Å². The van der Waals surface area contributed by atoms with Gasteiger partial charge >= 0.3 is 0 Å². The average molecular weight is 283 g/mol. The van der Waals surface area contributed by atoms with Crippen molar-refractivity contribution in [2.45, 2.75) is 12.3 Å². The minimum absolute atomic E-state index is 0.0372. The number of methoxy groups -OCH3 is 1. The van der Waals surface area contributed by atoms with E-state index >= 15 is 0 Å². The smallest absolute Gasteiger partial charge is 0.237 e. The largest absolute Gasteiger partial charge is 0.480 e. The molecule has 2 aromatic rings. The van der Waals surface area contributed by atoms with Gasteiger partial charge in [-0.25, -0.2) is 4.98 Å². The minimum atomic E-state index is -0.0372. The highest BCUT2D eigenvalue weighted by Gasteiger charge is 2.24. The van der Waals surface area contributed by atoms with Crippen molar-refractivity contribution in [3.8, 4) is 5.88 Å². The van der Waals surface area contributed by atoms with E-state index in [4.69, 9.17) is 4.74 Å². The minimum Gasteiger partial charge on any atom is -0.480 e. The van der Waals surface area contributed by atoms with Crippen molar-refractivity contribution < 1.29 is 9.53 Å². The maximum absolute atomic E-state index is 12.2. The molecule has 1 atom stereocenters. The molecule has 1 aliphatic rings. The zero-order valence-corrected chi connectivity index (χ0v) is 11.8. The first-order valence-corrected chi connectivity index (χ1v) is 6.89. The van der Waals surface area contributed by atoms with E-state index in [0.717, 1.165) is 12.2 Å². The lowest BCUT2D eigenvalue weighted by Gasteiger charge is -2.12. The van der Waals surface area contributed by atoms with E-state index in [9.17, 15) is 4.79 Å². The van der Waals surface area contributed by atoms with Crippen LogP contribution in [0.4, 0.5) is 11.4 Å². The maximum Gasteiger partial charge on any atom is 0.237 e. The summed E-state index contributed by atoms with van der Waals surface area (Å²) in [5.74, 6) is 0.587. The van der Waals surface area contributed by atoms with Gasteiger partial charge in [0.1, 0.15) is 5.69 Å². The molecule has 0 aliphatic carbocycles. The van der Waals surface area contributed by atoms with Crippen LogP contribution in [0.5, 0.6) is 5.88 Å². The molecule has 0 radical (unpaired) electrons. The first kappa shape index (κ1) is 13.4. The number of fused-ring (bicyclic) bond motifs is 1. The van der Waals surface area contributed by atoms with Gasteiger partial charge in [-0.1, -0.05) is 18.2 Å². The Morgan fingerprint density at radius 1 is 1.38 bits per heavy atom. The molecule has 3 rings (SSSR count). The lowest BCUT2D eigenvalue weighted by Crippen LogP contribution is -2.17. The summed E-state index contributed by atoms with van der Waals surface area (Å²) in [5.41, 5.74) is 2.92. The summed E-state index contributed by atoms with van der Waals surface area (Å²) < 4.78 is 5.13. The van der Waals surface area contributed by atoms with Crippen LogP contribution < -0.4 is 15.4 Å². The molecule has 0 fully saturated rings. The maximum atomic E-state index is 12.2. The van der Waals surface area contributed by atoms with Crippen molar-refractivity contribution in [1.82, 2.24) is 4.98 Å². The van der Waals surface area contributed by atoms with Crippen molar-refractivity contribution in [3.63, 3.8) is 0 Å². The van der Waals surface area contributed by atoms with Gasteiger partial charge in [0.25, 0.3) is 0 Å². The summed E-state index contributed by atoms with van der Waals surface area (Å²) in [6.07, 6.45) is 2.06. The molecule has 1 aliphatic heterocycles. The second-order valence-electron chi connectivity index (χ2n) is 4.98. The van der Waals surface area contributed by atoms with Crippen LogP contribution in [0.25, 0.3) is 0 Å². The molecule has 108 valence electrons. The summed E-state index contributed by atoms with van der Waals surface area (Å²) in [5, 5.41) is 6.19. The number of nitrogens with one attached hydrogen (secondary N) is 2. The third kappa shape index (κ3) is 2.81. The number of hydrogen-bond acceptors (Lipinski definition) is 4. The first-order chi connectivity index (χ1) is 10.3. The molecule has 5 heteroatoms. The van der Waals surface area contributed by atoms with Crippen LogP contribution in [0.1, 0.15) is 17.9 Å². The van der Waals surface area contributed by atoms with Crippen molar-refractivity contribution in [3.05, 3.63) is 48.2 Å². The molecule has 1 aromatic carbocycles. The van der Waals surface area contributed by atoms with Gasteiger partial charge in [-0.3, -0.25) is 4.79 Å². The van der Waals surface area contributed by atoms with Crippen LogP contribution >= 0.6 is 0 Å². The van der Waals surface area contributed by atoms with Crippen molar-refractivity contribution in [2.75, 3.05) is 24.3 Å². The Balaban J connectivity index is 1.68. The van der Waals surface area contributed by atoms with Crippen LogP contribution in [0.2, 0.25) is 0 Å². The highest BCUT2D eigenvalue weighted by atomic mass is 16.5. The number of carbonyl (C=O) groups is 1. The van der Waals surface area contributed by atoms with Gasteiger partial charge in [-0.15, -0.1) is 0 Å². The third-order valence-corrected chi connectivity index (χ3v) is 3.61. The number of ether oxygens (including phenoxy) is 1. The van der Waals surface area contributed by atoms with Crippen LogP contribution in [-0.4, -0.2) is 24.5 Å². The van der Waals surface area contributed by atoms with Gasteiger partial charge in [-0.2, -0.15) is 0 Å². The molecular weight excluding hydrogens is 266 g/mol. The Morgan fingerprint density at radius 3 is 3.10 bits per heavy atom. The van der Waals surface area contributed by atoms with Gasteiger partial charge < -0.3 is 15.4 Å². The number of aromatic nitrogens is 1. The molecule has 21 heavy (non-hydrogen) atoms. The predicted octanol–water partition coefficient (Wildman–Crippen LogP) is 2.63. The molecule has 2 heterocycles. The fourth-order valence-electron chi connectivity index (χ4n) is 2.61. The molecule has 0 spiro atoms. The Morgan fingerprint density at radius 2 is 2.24 bits per heavy atom. The third-order valence-electron chi connectivity index (χ3n) is 3.61. The molecule has 2 N–H and O–H groups in total. The van der Waals surface area contributed by atoms with Crippen LogP contribution in [0, 0.1) is 0 Å². The van der Waals surface area contributed by atoms with Crippen LogP contribution in [-0.2, 0) is 4.79 Å². The molecule has 0 saturated heterocycles. The molecule has 1 unspecified atom stereocenters. The summed E-state index contributed by atoms with van der Waals surface area (Å²) in [6.45, 7) is 0.789. The van der Waals surface area contributed by atoms with Gasteiger partial charge in [0, 0.05) is 30.8 Å². The number of amides is 1. The average Bonchev–Trinajstić information content (AvgIpc) is 2.91. The normalized spacial score (nSPS) is 16.0. The fourth-order valence-corrected chi connectivity index (χ4v) is 2.61. The standard InChI is InChI=1S/C16H17N3O2/c1-21-16-14(7-4-8-17-16)19-15(20)9-11-10-18-13-6-3-2-5-12(11)13/h2-8,11,18H,9-10H2,1H3,(H,19,20). The topological polar surface area (TPSA) is 63.2 Å². The summed E-state index contributed by atoms with van der Waals surface area (Å²) >= 11 is 0. The first-order valence-electron chi connectivity index (χ1n) is 6.89. The number of pyridine rings is 1. The number of nitrogens with zero attached hydrogens (tertiary/aromatic N) is 1. The zero-order valence-electron chi connectivity index (χ0n) is 11.8. The van der Waals surface area contributed by atoms with Crippen molar-refractivity contribution in [2.24, 2.45) is 0 Å². The molecule has 5 nitrogen and oxygen atoms in total. The van der Waals surface area contributed by atoms with E-state index in [-0.39, 0.29) is 11.8 Å². The molecule has 1 aromatic heterocycles. The summed E-state index contributed by atoms with van der Waals surface area (Å²) in [7, 11) is 1.54. The van der Waals surface area contributed by atoms with E-state index in [1.54, 1.807) is 18.3 Å². The number of para-hydroxylation sites is 1. The highest BCUT2D eigenvalue weighted by Crippen LogP contribution is 2.33. The highest BCUT2D eigenvalue weighted by molar-refractivity contribution is 5.92. The summed E-state index contributed by atoms with van der Waals surface area (Å²) in [4.78, 5) is 16.3. The Kier molecular flexibility index (Phi) is 3.73. The van der Waals surface area contributed by atoms with E-state index in [1.807, 2.05) is 18.2 Å². The Hall–Kier alpha value is -2.56. The Bertz CT molecular complexity index is 657. The number of hydrogen-bond donors (Lipinski definition) is 2. The monoisotopic (exact) mass is 283 g/mol. The van der Waals surface area contributed by atoms with E-state index < -0.39 is 0 Å². The summed E-state index contributed by atoms with van der Waals surface area (Å²) in [6, 6.07) is 11.7. The molecule has 0 saturated carbocycles. The zero-order chi connectivity index (χ0) is 14.7. The SMILES string of the molecule is COc1ncccc1NC(=O)CC1CNc2ccccc21. The number of rotatable bonds is 4. The van der Waals surface area contributed by atoms with Gasteiger partial charge in [0.2, 0.25) is 11.8 Å². The number of benzene rings is 1. The van der Waals surface area contributed by atoms with Gasteiger partial charge in [0.15, 0.2) is 0 Å². The predicted molar refractivity (Wildman–Crippen MR) is 81.7 cm³/mol. The van der Waals surface area contributed by atoms with Gasteiger partial charge in [-0.05, 0) is 23.8 Å². The second-order valence-corrected chi connectivity index (χ2v) is 4.98. The van der Waals surface area contributed by atoms with Crippen LogP contribution in [0.3, 0.4) is 0 Å². The van der Waals surface area contributed by atoms with Gasteiger partial charge in [0.05, 0.1) is 7.11 Å². The Labute approximate surface area is 123 Å². The fraction of sp³-hybridized carbons (Fsp3) is 0.250.